The van der Waals surface area contributed by atoms with Crippen LogP contribution in [-0.2, 0) is 16.0 Å². The first kappa shape index (κ1) is 18.6. The molecule has 6 heteroatoms. The molecule has 2 aromatic carbocycles. The molecule has 0 saturated carbocycles. The molecule has 1 fully saturated rings. The van der Waals surface area contributed by atoms with Gasteiger partial charge in [-0.05, 0) is 42.7 Å². The maximum Gasteiger partial charge on any atom is 0.227 e. The molecule has 1 aromatic heterocycles. The van der Waals surface area contributed by atoms with Crippen LogP contribution in [0.2, 0.25) is 5.02 Å². The highest BCUT2D eigenvalue weighted by molar-refractivity contribution is 6.31. The maximum atomic E-state index is 12.6. The van der Waals surface area contributed by atoms with Gasteiger partial charge in [0.15, 0.2) is 0 Å². The van der Waals surface area contributed by atoms with Crippen LogP contribution >= 0.6 is 11.6 Å². The Balaban J connectivity index is 1.36. The molecule has 0 spiro atoms. The molecule has 3 aromatic rings. The zero-order valence-corrected chi connectivity index (χ0v) is 16.4. The summed E-state index contributed by atoms with van der Waals surface area (Å²) in [6.07, 6.45) is 2.96. The molecule has 1 saturated heterocycles. The molecule has 0 bridgehead atoms. The van der Waals surface area contributed by atoms with Crippen LogP contribution in [0.4, 0.5) is 5.69 Å². The number of carbonyl (C=O) groups excluding carboxylic acids is 2. The van der Waals surface area contributed by atoms with Gasteiger partial charge in [0.1, 0.15) is 0 Å². The number of nitrogens with zero attached hydrogens (tertiary/aromatic N) is 1. The number of amides is 2. The van der Waals surface area contributed by atoms with E-state index >= 15 is 0 Å². The average molecular weight is 396 g/mol. The second kappa shape index (κ2) is 7.68. The number of hydrogen-bond donors (Lipinski definition) is 2. The van der Waals surface area contributed by atoms with Crippen molar-refractivity contribution in [1.82, 2.24) is 10.3 Å². The predicted molar refractivity (Wildman–Crippen MR) is 112 cm³/mol. The van der Waals surface area contributed by atoms with Crippen molar-refractivity contribution in [3.63, 3.8) is 0 Å². The second-order valence-corrected chi connectivity index (χ2v) is 7.60. The van der Waals surface area contributed by atoms with Gasteiger partial charge in [-0.3, -0.25) is 9.59 Å². The van der Waals surface area contributed by atoms with Gasteiger partial charge in [0, 0.05) is 47.3 Å². The Morgan fingerprint density at radius 3 is 2.93 bits per heavy atom. The van der Waals surface area contributed by atoms with Crippen LogP contribution in [0.5, 0.6) is 0 Å². The quantitative estimate of drug-likeness (QED) is 0.689. The molecule has 1 aliphatic heterocycles. The lowest BCUT2D eigenvalue weighted by Gasteiger charge is -2.19. The van der Waals surface area contributed by atoms with E-state index in [0.717, 1.165) is 23.2 Å². The van der Waals surface area contributed by atoms with E-state index in [1.54, 1.807) is 11.0 Å². The van der Waals surface area contributed by atoms with E-state index in [1.807, 2.05) is 43.5 Å². The molecule has 0 radical (unpaired) electrons. The second-order valence-electron chi connectivity index (χ2n) is 7.19. The van der Waals surface area contributed by atoms with Crippen molar-refractivity contribution in [2.24, 2.45) is 5.92 Å². The Labute approximate surface area is 168 Å². The molecule has 4 rings (SSSR count). The Hall–Kier alpha value is -2.79. The van der Waals surface area contributed by atoms with Crippen molar-refractivity contribution in [3.05, 3.63) is 64.8 Å². The number of nitrogens with one attached hydrogen (secondary N) is 2. The summed E-state index contributed by atoms with van der Waals surface area (Å²) in [5, 5.41) is 4.79. The Morgan fingerprint density at radius 1 is 1.25 bits per heavy atom. The molecule has 1 aliphatic rings. The summed E-state index contributed by atoms with van der Waals surface area (Å²) in [7, 11) is 0. The van der Waals surface area contributed by atoms with Crippen molar-refractivity contribution in [2.45, 2.75) is 19.8 Å². The van der Waals surface area contributed by atoms with Gasteiger partial charge in [-0.25, -0.2) is 0 Å². The highest BCUT2D eigenvalue weighted by Crippen LogP contribution is 2.31. The van der Waals surface area contributed by atoms with Crippen LogP contribution in [0.15, 0.2) is 48.7 Å². The fraction of sp³-hybridized carbons (Fsp3) is 0.273. The lowest BCUT2D eigenvalue weighted by atomic mass is 10.1. The molecular weight excluding hydrogens is 374 g/mol. The largest absolute Gasteiger partial charge is 0.361 e. The molecule has 28 heavy (non-hydrogen) atoms. The Bertz CT molecular complexity index is 1040. The summed E-state index contributed by atoms with van der Waals surface area (Å²) in [6, 6.07) is 13.6. The summed E-state index contributed by atoms with van der Waals surface area (Å²) < 4.78 is 0. The molecule has 1 atom stereocenters. The number of fused-ring (bicyclic) bond motifs is 1. The standard InChI is InChI=1S/C22H22ClN3O2/c1-14-18(23)6-4-8-20(14)26-13-16(11-21(26)27)22(28)24-10-9-15-12-25-19-7-3-2-5-17(15)19/h2-8,12,16,25H,9-11,13H2,1H3,(H,24,28). The van der Waals surface area contributed by atoms with Crippen molar-refractivity contribution in [3.8, 4) is 0 Å². The number of halogens is 1. The lowest BCUT2D eigenvalue weighted by molar-refractivity contribution is -0.126. The number of benzene rings is 2. The minimum absolute atomic E-state index is 0.0397. The number of para-hydroxylation sites is 1. The van der Waals surface area contributed by atoms with Gasteiger partial charge in [-0.2, -0.15) is 0 Å². The molecule has 2 heterocycles. The van der Waals surface area contributed by atoms with E-state index in [-0.39, 0.29) is 24.2 Å². The minimum atomic E-state index is -0.339. The van der Waals surface area contributed by atoms with Gasteiger partial charge in [0.05, 0.1) is 5.92 Å². The van der Waals surface area contributed by atoms with Gasteiger partial charge in [0.2, 0.25) is 11.8 Å². The molecular formula is C22H22ClN3O2. The monoisotopic (exact) mass is 395 g/mol. The molecule has 5 nitrogen and oxygen atoms in total. The summed E-state index contributed by atoms with van der Waals surface area (Å²) in [5.41, 5.74) is 3.91. The van der Waals surface area contributed by atoms with Crippen molar-refractivity contribution < 1.29 is 9.59 Å². The number of carbonyl (C=O) groups is 2. The van der Waals surface area contributed by atoms with Crippen LogP contribution in [0, 0.1) is 12.8 Å². The fourth-order valence-electron chi connectivity index (χ4n) is 3.81. The van der Waals surface area contributed by atoms with Gasteiger partial charge in [-0.15, -0.1) is 0 Å². The van der Waals surface area contributed by atoms with Crippen LogP contribution in [0.3, 0.4) is 0 Å². The number of aromatic nitrogens is 1. The third-order valence-electron chi connectivity index (χ3n) is 5.39. The summed E-state index contributed by atoms with van der Waals surface area (Å²) in [5.74, 6) is -0.452. The summed E-state index contributed by atoms with van der Waals surface area (Å²) in [4.78, 5) is 30.0. The summed E-state index contributed by atoms with van der Waals surface area (Å²) in [6.45, 7) is 2.82. The molecule has 1 unspecified atom stereocenters. The fourth-order valence-corrected chi connectivity index (χ4v) is 3.98. The highest BCUT2D eigenvalue weighted by atomic mass is 35.5. The maximum absolute atomic E-state index is 12.6. The van der Waals surface area contributed by atoms with E-state index in [2.05, 4.69) is 16.4 Å². The van der Waals surface area contributed by atoms with Gasteiger partial charge in [-0.1, -0.05) is 35.9 Å². The van der Waals surface area contributed by atoms with Crippen molar-refractivity contribution in [2.75, 3.05) is 18.0 Å². The number of H-pyrrole nitrogens is 1. The minimum Gasteiger partial charge on any atom is -0.361 e. The first-order valence-corrected chi connectivity index (χ1v) is 9.80. The Kier molecular flexibility index (Phi) is 5.09. The van der Waals surface area contributed by atoms with E-state index in [4.69, 9.17) is 11.6 Å². The average Bonchev–Trinajstić information content (AvgIpc) is 3.28. The molecule has 144 valence electrons. The van der Waals surface area contributed by atoms with E-state index in [1.165, 1.54) is 10.9 Å². The van der Waals surface area contributed by atoms with E-state index in [9.17, 15) is 9.59 Å². The van der Waals surface area contributed by atoms with Crippen molar-refractivity contribution in [1.29, 1.82) is 0 Å². The summed E-state index contributed by atoms with van der Waals surface area (Å²) >= 11 is 6.18. The van der Waals surface area contributed by atoms with Gasteiger partial charge < -0.3 is 15.2 Å². The topological polar surface area (TPSA) is 65.2 Å². The number of anilines is 1. The van der Waals surface area contributed by atoms with Crippen LogP contribution < -0.4 is 10.2 Å². The third-order valence-corrected chi connectivity index (χ3v) is 5.80. The number of rotatable bonds is 5. The Morgan fingerprint density at radius 2 is 2.07 bits per heavy atom. The SMILES string of the molecule is Cc1c(Cl)cccc1N1CC(C(=O)NCCc2c[nH]c3ccccc23)CC1=O. The smallest absolute Gasteiger partial charge is 0.227 e. The first-order chi connectivity index (χ1) is 13.5. The predicted octanol–water partition coefficient (Wildman–Crippen LogP) is 3.84. The molecule has 0 aliphatic carbocycles. The van der Waals surface area contributed by atoms with Gasteiger partial charge >= 0.3 is 0 Å². The molecule has 2 amide bonds. The number of aromatic amines is 1. The molecule has 2 N–H and O–H groups in total. The zero-order valence-electron chi connectivity index (χ0n) is 15.7. The van der Waals surface area contributed by atoms with Gasteiger partial charge in [0.25, 0.3) is 0 Å². The third kappa shape index (κ3) is 3.50. The lowest BCUT2D eigenvalue weighted by Crippen LogP contribution is -2.34. The normalized spacial score (nSPS) is 16.7. The first-order valence-electron chi connectivity index (χ1n) is 9.43. The highest BCUT2D eigenvalue weighted by Gasteiger charge is 2.35. The van der Waals surface area contributed by atoms with Crippen LogP contribution in [-0.4, -0.2) is 29.9 Å². The zero-order chi connectivity index (χ0) is 19.7. The van der Waals surface area contributed by atoms with E-state index < -0.39 is 0 Å². The van der Waals surface area contributed by atoms with Crippen LogP contribution in [0.1, 0.15) is 17.5 Å². The van der Waals surface area contributed by atoms with E-state index in [0.29, 0.717) is 18.1 Å². The van der Waals surface area contributed by atoms with Crippen molar-refractivity contribution >= 4 is 40.0 Å². The number of hydrogen-bond acceptors (Lipinski definition) is 2. The van der Waals surface area contributed by atoms with Crippen LogP contribution in [0.25, 0.3) is 10.9 Å².